The van der Waals surface area contributed by atoms with Gasteiger partial charge < -0.3 is 5.73 Å². The fraction of sp³-hybridized carbons (Fsp3) is 0. The maximum Gasteiger partial charge on any atom is 0.194 e. The number of benzene rings is 2. The first-order valence-corrected chi connectivity index (χ1v) is 9.21. The molecule has 0 unspecified atom stereocenters. The maximum absolute atomic E-state index is 5.43. The van der Waals surface area contributed by atoms with E-state index in [1.165, 1.54) is 11.1 Å². The van der Waals surface area contributed by atoms with Gasteiger partial charge in [0.2, 0.25) is 0 Å². The Kier molecular flexibility index (Phi) is 4.47. The summed E-state index contributed by atoms with van der Waals surface area (Å²) in [6, 6.07) is 18.6. The smallest absolute Gasteiger partial charge is 0.194 e. The summed E-state index contributed by atoms with van der Waals surface area (Å²) in [5, 5.41) is 6.21. The highest BCUT2D eigenvalue weighted by atomic mass is 32.1. The van der Waals surface area contributed by atoms with E-state index in [2.05, 4.69) is 46.9 Å². The zero-order valence-corrected chi connectivity index (χ0v) is 15.3. The lowest BCUT2D eigenvalue weighted by Gasteiger charge is -2.04. The number of hydrazone groups is 1. The van der Waals surface area contributed by atoms with Crippen LogP contribution < -0.4 is 11.2 Å². The Bertz CT molecular complexity index is 1080. The van der Waals surface area contributed by atoms with Crippen LogP contribution in [0.4, 0.5) is 0 Å². The van der Waals surface area contributed by atoms with E-state index < -0.39 is 0 Å². The van der Waals surface area contributed by atoms with Crippen LogP contribution in [-0.4, -0.2) is 20.7 Å². The summed E-state index contributed by atoms with van der Waals surface area (Å²) in [5.41, 5.74) is 13.1. The standard InChI is InChI=1S/C19H15N5S2/c20-18(25)23-21-12-16-17(22-19-24(16)10-11-26-19)15-8-6-14(7-9-15)13-4-2-1-3-5-13/h1-12H,(H3,20,23,25)/b21-12+. The van der Waals surface area contributed by atoms with Crippen molar-refractivity contribution in [1.29, 1.82) is 0 Å². The number of aromatic nitrogens is 2. The Labute approximate surface area is 159 Å². The van der Waals surface area contributed by atoms with Crippen LogP contribution in [0, 0.1) is 0 Å². The molecule has 5 nitrogen and oxygen atoms in total. The molecule has 0 saturated carbocycles. The first-order chi connectivity index (χ1) is 12.7. The minimum atomic E-state index is 0.126. The first-order valence-electron chi connectivity index (χ1n) is 7.92. The van der Waals surface area contributed by atoms with E-state index in [0.717, 1.165) is 21.9 Å². The second-order valence-electron chi connectivity index (χ2n) is 5.58. The molecule has 26 heavy (non-hydrogen) atoms. The van der Waals surface area contributed by atoms with Gasteiger partial charge in [0, 0.05) is 17.1 Å². The number of rotatable bonds is 4. The quantitative estimate of drug-likeness (QED) is 0.322. The molecule has 3 N–H and O–H groups in total. The summed E-state index contributed by atoms with van der Waals surface area (Å²) in [7, 11) is 0. The van der Waals surface area contributed by atoms with Gasteiger partial charge in [0.15, 0.2) is 10.1 Å². The molecular formula is C19H15N5S2. The molecule has 0 aliphatic rings. The van der Waals surface area contributed by atoms with Gasteiger partial charge in [0.25, 0.3) is 0 Å². The zero-order valence-electron chi connectivity index (χ0n) is 13.7. The lowest BCUT2D eigenvalue weighted by Crippen LogP contribution is -2.24. The normalized spacial score (nSPS) is 11.2. The van der Waals surface area contributed by atoms with Gasteiger partial charge in [-0.1, -0.05) is 54.6 Å². The molecule has 0 radical (unpaired) electrons. The minimum absolute atomic E-state index is 0.126. The van der Waals surface area contributed by atoms with Crippen molar-refractivity contribution in [2.45, 2.75) is 0 Å². The number of fused-ring (bicyclic) bond motifs is 1. The third-order valence-electron chi connectivity index (χ3n) is 3.93. The second-order valence-corrected chi connectivity index (χ2v) is 6.89. The predicted octanol–water partition coefficient (Wildman–Crippen LogP) is 3.90. The van der Waals surface area contributed by atoms with Crippen LogP contribution >= 0.6 is 23.6 Å². The van der Waals surface area contributed by atoms with Crippen molar-refractivity contribution in [1.82, 2.24) is 14.8 Å². The van der Waals surface area contributed by atoms with Gasteiger partial charge in [-0.3, -0.25) is 9.83 Å². The molecule has 0 bridgehead atoms. The molecule has 0 fully saturated rings. The van der Waals surface area contributed by atoms with Crippen LogP contribution in [-0.2, 0) is 0 Å². The Balaban J connectivity index is 1.73. The van der Waals surface area contributed by atoms with Gasteiger partial charge in [-0.25, -0.2) is 4.98 Å². The molecule has 2 aromatic carbocycles. The molecule has 0 aliphatic carbocycles. The SMILES string of the molecule is NC(=S)N/N=C/c1c(-c2ccc(-c3ccccc3)cc2)nc2sccn12. The first kappa shape index (κ1) is 16.4. The summed E-state index contributed by atoms with van der Waals surface area (Å²) in [6.45, 7) is 0. The molecule has 0 spiro atoms. The monoisotopic (exact) mass is 377 g/mol. The summed E-state index contributed by atoms with van der Waals surface area (Å²) in [6.07, 6.45) is 3.66. The number of hydrogen-bond acceptors (Lipinski definition) is 4. The molecule has 4 rings (SSSR count). The number of hydrogen-bond donors (Lipinski definition) is 2. The fourth-order valence-corrected chi connectivity index (χ4v) is 3.52. The van der Waals surface area contributed by atoms with Crippen LogP contribution in [0.2, 0.25) is 0 Å². The van der Waals surface area contributed by atoms with Crippen molar-refractivity contribution in [3.8, 4) is 22.4 Å². The number of thiocarbonyl (C=S) groups is 1. The third-order valence-corrected chi connectivity index (χ3v) is 4.77. The zero-order chi connectivity index (χ0) is 17.9. The van der Waals surface area contributed by atoms with Crippen molar-refractivity contribution in [3.63, 3.8) is 0 Å². The molecule has 2 heterocycles. The van der Waals surface area contributed by atoms with E-state index >= 15 is 0 Å². The number of nitrogens with zero attached hydrogens (tertiary/aromatic N) is 3. The Morgan fingerprint density at radius 3 is 2.50 bits per heavy atom. The predicted molar refractivity (Wildman–Crippen MR) is 111 cm³/mol. The molecule has 7 heteroatoms. The van der Waals surface area contributed by atoms with Gasteiger partial charge in [0.05, 0.1) is 17.6 Å². The number of imidazole rings is 1. The lowest BCUT2D eigenvalue weighted by molar-refractivity contribution is 1.04. The largest absolute Gasteiger partial charge is 0.375 e. The van der Waals surface area contributed by atoms with Gasteiger partial charge in [0.1, 0.15) is 0 Å². The minimum Gasteiger partial charge on any atom is -0.375 e. The van der Waals surface area contributed by atoms with E-state index in [1.807, 2.05) is 34.2 Å². The number of thiazole rings is 1. The second kappa shape index (κ2) is 7.07. The molecule has 0 aliphatic heterocycles. The third kappa shape index (κ3) is 3.22. The molecule has 0 saturated heterocycles. The van der Waals surface area contributed by atoms with Crippen LogP contribution in [0.1, 0.15) is 5.69 Å². The molecular weight excluding hydrogens is 362 g/mol. The lowest BCUT2D eigenvalue weighted by atomic mass is 10.0. The van der Waals surface area contributed by atoms with Crippen LogP contribution in [0.25, 0.3) is 27.3 Å². The van der Waals surface area contributed by atoms with Crippen molar-refractivity contribution in [3.05, 3.63) is 71.9 Å². The van der Waals surface area contributed by atoms with Crippen molar-refractivity contribution in [2.24, 2.45) is 10.8 Å². The summed E-state index contributed by atoms with van der Waals surface area (Å²) >= 11 is 6.37. The van der Waals surface area contributed by atoms with Crippen molar-refractivity contribution < 1.29 is 0 Å². The van der Waals surface area contributed by atoms with E-state index in [4.69, 9.17) is 22.9 Å². The Morgan fingerprint density at radius 2 is 1.77 bits per heavy atom. The van der Waals surface area contributed by atoms with Gasteiger partial charge in [-0.2, -0.15) is 5.10 Å². The summed E-state index contributed by atoms with van der Waals surface area (Å²) in [4.78, 5) is 5.65. The summed E-state index contributed by atoms with van der Waals surface area (Å²) < 4.78 is 2.00. The Morgan fingerprint density at radius 1 is 1.08 bits per heavy atom. The average molecular weight is 377 g/mol. The topological polar surface area (TPSA) is 67.7 Å². The highest BCUT2D eigenvalue weighted by molar-refractivity contribution is 7.80. The van der Waals surface area contributed by atoms with Gasteiger partial charge in [-0.05, 0) is 23.3 Å². The van der Waals surface area contributed by atoms with Crippen molar-refractivity contribution >= 4 is 39.8 Å². The molecule has 128 valence electrons. The van der Waals surface area contributed by atoms with Crippen LogP contribution in [0.3, 0.4) is 0 Å². The van der Waals surface area contributed by atoms with E-state index in [0.29, 0.717) is 0 Å². The van der Waals surface area contributed by atoms with Crippen LogP contribution in [0.15, 0.2) is 71.3 Å². The fourth-order valence-electron chi connectivity index (χ4n) is 2.75. The number of nitrogens with two attached hydrogens (primary N) is 1. The Hall–Kier alpha value is -3.03. The highest BCUT2D eigenvalue weighted by Gasteiger charge is 2.13. The molecule has 0 amide bonds. The van der Waals surface area contributed by atoms with E-state index in [1.54, 1.807) is 17.6 Å². The van der Waals surface area contributed by atoms with Crippen LogP contribution in [0.5, 0.6) is 0 Å². The van der Waals surface area contributed by atoms with Gasteiger partial charge in [-0.15, -0.1) is 11.3 Å². The highest BCUT2D eigenvalue weighted by Crippen LogP contribution is 2.28. The average Bonchev–Trinajstić information content (AvgIpc) is 3.25. The summed E-state index contributed by atoms with van der Waals surface area (Å²) in [5.74, 6) is 0. The van der Waals surface area contributed by atoms with E-state index in [9.17, 15) is 0 Å². The van der Waals surface area contributed by atoms with Crippen molar-refractivity contribution in [2.75, 3.05) is 0 Å². The number of nitrogens with one attached hydrogen (secondary N) is 1. The molecule has 0 atom stereocenters. The molecule has 2 aromatic heterocycles. The maximum atomic E-state index is 5.43. The van der Waals surface area contributed by atoms with E-state index in [-0.39, 0.29) is 5.11 Å². The van der Waals surface area contributed by atoms with Gasteiger partial charge >= 0.3 is 0 Å². The molecule has 4 aromatic rings.